The second-order valence-electron chi connectivity index (χ2n) is 4.27. The molecule has 1 aliphatic rings. The zero-order valence-electron chi connectivity index (χ0n) is 9.82. The number of allylic oxidation sites excluding steroid dienone is 1. The lowest BCUT2D eigenvalue weighted by molar-refractivity contribution is -0.110. The SMILES string of the molecule is CC(=C1C(=O)Nc2ccc(O)cc21)c1ccc[nH]1. The van der Waals surface area contributed by atoms with Crippen LogP contribution in [0, 0.1) is 0 Å². The molecule has 1 amide bonds. The Kier molecular flexibility index (Phi) is 2.23. The molecule has 4 heteroatoms. The summed E-state index contributed by atoms with van der Waals surface area (Å²) in [5.74, 6) is 0.0183. The number of aromatic amines is 1. The first-order valence-electron chi connectivity index (χ1n) is 5.66. The molecule has 1 aromatic heterocycles. The molecule has 0 saturated heterocycles. The number of benzene rings is 1. The van der Waals surface area contributed by atoms with E-state index in [1.165, 1.54) is 0 Å². The fourth-order valence-corrected chi connectivity index (χ4v) is 2.23. The molecule has 0 aliphatic carbocycles. The molecule has 0 bridgehead atoms. The van der Waals surface area contributed by atoms with Gasteiger partial charge in [-0.1, -0.05) is 0 Å². The van der Waals surface area contributed by atoms with Gasteiger partial charge in [0.15, 0.2) is 0 Å². The largest absolute Gasteiger partial charge is 0.508 e. The Balaban J connectivity index is 2.23. The van der Waals surface area contributed by atoms with Gasteiger partial charge in [-0.15, -0.1) is 0 Å². The molecule has 3 N–H and O–H groups in total. The lowest BCUT2D eigenvalue weighted by atomic mass is 10.00. The maximum absolute atomic E-state index is 12.0. The van der Waals surface area contributed by atoms with Crippen molar-refractivity contribution in [3.8, 4) is 5.75 Å². The second-order valence-corrected chi connectivity index (χ2v) is 4.27. The van der Waals surface area contributed by atoms with Crippen LogP contribution in [0.15, 0.2) is 36.5 Å². The van der Waals surface area contributed by atoms with Gasteiger partial charge in [-0.25, -0.2) is 0 Å². The number of phenolic OH excluding ortho intramolecular Hbond substituents is 1. The summed E-state index contributed by atoms with van der Waals surface area (Å²) in [5.41, 5.74) is 3.84. The van der Waals surface area contributed by atoms with Crippen LogP contribution in [0.2, 0.25) is 0 Å². The summed E-state index contributed by atoms with van der Waals surface area (Å²) in [6.45, 7) is 1.89. The van der Waals surface area contributed by atoms with Crippen molar-refractivity contribution in [3.05, 3.63) is 47.8 Å². The average molecular weight is 240 g/mol. The van der Waals surface area contributed by atoms with Crippen LogP contribution in [0.1, 0.15) is 18.2 Å². The highest BCUT2D eigenvalue weighted by atomic mass is 16.3. The second kappa shape index (κ2) is 3.77. The van der Waals surface area contributed by atoms with Gasteiger partial charge < -0.3 is 15.4 Å². The van der Waals surface area contributed by atoms with E-state index in [4.69, 9.17) is 0 Å². The Hall–Kier alpha value is -2.49. The fourth-order valence-electron chi connectivity index (χ4n) is 2.23. The van der Waals surface area contributed by atoms with Gasteiger partial charge in [0, 0.05) is 23.1 Å². The van der Waals surface area contributed by atoms with E-state index in [0.717, 1.165) is 22.5 Å². The van der Waals surface area contributed by atoms with Crippen molar-refractivity contribution in [2.75, 3.05) is 5.32 Å². The normalized spacial score (nSPS) is 16.4. The van der Waals surface area contributed by atoms with E-state index in [1.54, 1.807) is 18.2 Å². The van der Waals surface area contributed by atoms with E-state index in [9.17, 15) is 9.90 Å². The van der Waals surface area contributed by atoms with Gasteiger partial charge in [-0.05, 0) is 42.8 Å². The van der Waals surface area contributed by atoms with Gasteiger partial charge >= 0.3 is 0 Å². The van der Waals surface area contributed by atoms with Crippen molar-refractivity contribution in [2.45, 2.75) is 6.92 Å². The van der Waals surface area contributed by atoms with Crippen molar-refractivity contribution in [1.29, 1.82) is 0 Å². The Bertz CT molecular complexity index is 654. The molecule has 0 atom stereocenters. The number of hydrogen-bond donors (Lipinski definition) is 3. The van der Waals surface area contributed by atoms with Gasteiger partial charge in [0.1, 0.15) is 5.75 Å². The van der Waals surface area contributed by atoms with Crippen LogP contribution >= 0.6 is 0 Å². The van der Waals surface area contributed by atoms with E-state index in [-0.39, 0.29) is 11.7 Å². The van der Waals surface area contributed by atoms with Gasteiger partial charge in [-0.2, -0.15) is 0 Å². The van der Waals surface area contributed by atoms with E-state index >= 15 is 0 Å². The number of carbonyl (C=O) groups is 1. The van der Waals surface area contributed by atoms with Crippen molar-refractivity contribution < 1.29 is 9.90 Å². The molecule has 2 heterocycles. The van der Waals surface area contributed by atoms with E-state index in [2.05, 4.69) is 10.3 Å². The number of amides is 1. The standard InChI is InChI=1S/C14H12N2O2/c1-8(11-3-2-6-15-11)13-10-7-9(17)4-5-12(10)16-14(13)18/h2-7,15,17H,1H3,(H,16,18). The highest BCUT2D eigenvalue weighted by molar-refractivity contribution is 6.36. The topological polar surface area (TPSA) is 65.1 Å². The smallest absolute Gasteiger partial charge is 0.256 e. The number of aromatic hydroxyl groups is 1. The maximum atomic E-state index is 12.0. The minimum atomic E-state index is -0.136. The van der Waals surface area contributed by atoms with E-state index < -0.39 is 0 Å². The van der Waals surface area contributed by atoms with Crippen LogP contribution in [0.4, 0.5) is 5.69 Å². The molecule has 1 aromatic carbocycles. The first kappa shape index (κ1) is 10.7. The van der Waals surface area contributed by atoms with Crippen LogP contribution < -0.4 is 5.32 Å². The summed E-state index contributed by atoms with van der Waals surface area (Å²) in [5, 5.41) is 12.3. The fraction of sp³-hybridized carbons (Fsp3) is 0.0714. The van der Waals surface area contributed by atoms with Gasteiger partial charge in [-0.3, -0.25) is 4.79 Å². The minimum Gasteiger partial charge on any atom is -0.508 e. The van der Waals surface area contributed by atoms with Crippen LogP contribution in [0.25, 0.3) is 11.1 Å². The molecule has 4 nitrogen and oxygen atoms in total. The molecule has 18 heavy (non-hydrogen) atoms. The number of nitrogens with one attached hydrogen (secondary N) is 2. The number of aromatic nitrogens is 1. The Morgan fingerprint density at radius 2 is 2.11 bits per heavy atom. The summed E-state index contributed by atoms with van der Waals surface area (Å²) in [6, 6.07) is 8.67. The molecule has 3 rings (SSSR count). The zero-order valence-corrected chi connectivity index (χ0v) is 9.82. The van der Waals surface area contributed by atoms with Crippen molar-refractivity contribution in [2.24, 2.45) is 0 Å². The minimum absolute atomic E-state index is 0.136. The number of fused-ring (bicyclic) bond motifs is 1. The maximum Gasteiger partial charge on any atom is 0.256 e. The van der Waals surface area contributed by atoms with Crippen LogP contribution in [-0.4, -0.2) is 16.0 Å². The molecule has 0 spiro atoms. The van der Waals surface area contributed by atoms with Crippen molar-refractivity contribution >= 4 is 22.7 Å². The predicted molar refractivity (Wildman–Crippen MR) is 70.0 cm³/mol. The monoisotopic (exact) mass is 240 g/mol. The molecular weight excluding hydrogens is 228 g/mol. The highest BCUT2D eigenvalue weighted by Crippen LogP contribution is 2.38. The Morgan fingerprint density at radius 3 is 2.83 bits per heavy atom. The number of anilines is 1. The summed E-state index contributed by atoms with van der Waals surface area (Å²) < 4.78 is 0. The molecule has 2 aromatic rings. The summed E-state index contributed by atoms with van der Waals surface area (Å²) >= 11 is 0. The van der Waals surface area contributed by atoms with Gasteiger partial charge in [0.25, 0.3) is 5.91 Å². The number of H-pyrrole nitrogens is 1. The molecule has 90 valence electrons. The third-order valence-electron chi connectivity index (χ3n) is 3.12. The number of rotatable bonds is 1. The van der Waals surface area contributed by atoms with Gasteiger partial charge in [0.05, 0.1) is 5.57 Å². The van der Waals surface area contributed by atoms with Crippen molar-refractivity contribution in [1.82, 2.24) is 4.98 Å². The third kappa shape index (κ3) is 1.50. The lowest BCUT2D eigenvalue weighted by Crippen LogP contribution is -2.05. The zero-order chi connectivity index (χ0) is 12.7. The molecule has 1 aliphatic heterocycles. The lowest BCUT2D eigenvalue weighted by Gasteiger charge is -2.04. The quantitative estimate of drug-likeness (QED) is 0.530. The van der Waals surface area contributed by atoms with Crippen LogP contribution in [0.3, 0.4) is 0 Å². The Labute approximate surface area is 104 Å². The average Bonchev–Trinajstić information content (AvgIpc) is 2.94. The predicted octanol–water partition coefficient (Wildman–Crippen LogP) is 2.60. The van der Waals surface area contributed by atoms with Crippen LogP contribution in [-0.2, 0) is 4.79 Å². The molecule has 0 fully saturated rings. The number of carbonyl (C=O) groups excluding carboxylic acids is 1. The highest BCUT2D eigenvalue weighted by Gasteiger charge is 2.26. The van der Waals surface area contributed by atoms with Gasteiger partial charge in [0.2, 0.25) is 0 Å². The molecule has 0 radical (unpaired) electrons. The number of phenols is 1. The van der Waals surface area contributed by atoms with Crippen molar-refractivity contribution in [3.63, 3.8) is 0 Å². The Morgan fingerprint density at radius 1 is 1.28 bits per heavy atom. The molecule has 0 unspecified atom stereocenters. The number of hydrogen-bond acceptors (Lipinski definition) is 2. The summed E-state index contributed by atoms with van der Waals surface area (Å²) in [6.07, 6.45) is 1.82. The molecular formula is C14H12N2O2. The summed E-state index contributed by atoms with van der Waals surface area (Å²) in [7, 11) is 0. The van der Waals surface area contributed by atoms with E-state index in [1.807, 2.05) is 25.3 Å². The first-order valence-corrected chi connectivity index (χ1v) is 5.66. The van der Waals surface area contributed by atoms with E-state index in [0.29, 0.717) is 5.57 Å². The first-order chi connectivity index (χ1) is 8.66. The third-order valence-corrected chi connectivity index (χ3v) is 3.12. The summed E-state index contributed by atoms with van der Waals surface area (Å²) in [4.78, 5) is 15.1. The van der Waals surface area contributed by atoms with Crippen LogP contribution in [0.5, 0.6) is 5.75 Å². The molecule has 0 saturated carbocycles.